The Bertz CT molecular complexity index is 383. The van der Waals surface area contributed by atoms with Crippen LogP contribution in [0.5, 0.6) is 0 Å². The normalized spacial score (nSPS) is 20.7. The first kappa shape index (κ1) is 13.5. The molecule has 0 aliphatic carbocycles. The predicted molar refractivity (Wildman–Crippen MR) is 74.5 cm³/mol. The first-order chi connectivity index (χ1) is 8.59. The number of piperazine rings is 1. The monoisotopic (exact) mass is 267 g/mol. The van der Waals surface area contributed by atoms with Crippen LogP contribution >= 0.6 is 11.3 Å². The molecule has 0 saturated carbocycles. The summed E-state index contributed by atoms with van der Waals surface area (Å²) in [6, 6.07) is 4.60. The molecule has 2 unspecified atom stereocenters. The number of rotatable bonds is 3. The zero-order valence-electron chi connectivity index (χ0n) is 11.0. The Labute approximate surface area is 112 Å². The highest BCUT2D eigenvalue weighted by molar-refractivity contribution is 7.10. The van der Waals surface area contributed by atoms with Crippen LogP contribution in [-0.4, -0.2) is 47.9 Å². The molecule has 0 radical (unpaired) electrons. The minimum atomic E-state index is 0.104. The molecule has 1 aliphatic heterocycles. The molecule has 1 amide bonds. The van der Waals surface area contributed by atoms with Gasteiger partial charge in [-0.1, -0.05) is 6.07 Å². The Morgan fingerprint density at radius 3 is 2.50 bits per heavy atom. The Balaban J connectivity index is 2.04. The van der Waals surface area contributed by atoms with Gasteiger partial charge >= 0.3 is 0 Å². The van der Waals surface area contributed by atoms with Gasteiger partial charge in [-0.25, -0.2) is 0 Å². The van der Waals surface area contributed by atoms with Crippen LogP contribution in [0.2, 0.25) is 0 Å². The Morgan fingerprint density at radius 2 is 2.06 bits per heavy atom. The molecular formula is C13H21N3OS. The summed E-state index contributed by atoms with van der Waals surface area (Å²) >= 11 is 1.76. The maximum Gasteiger partial charge on any atom is 0.219 e. The summed E-state index contributed by atoms with van der Waals surface area (Å²) in [4.78, 5) is 16.9. The maximum atomic E-state index is 11.3. The van der Waals surface area contributed by atoms with E-state index in [1.807, 2.05) is 4.90 Å². The fourth-order valence-electron chi connectivity index (χ4n) is 2.55. The van der Waals surface area contributed by atoms with Crippen molar-refractivity contribution >= 4 is 17.2 Å². The standard InChI is InChI=1S/C13H21N3OS/c1-10(14)13(12-4-3-9-18-12)16-7-5-15(6-8-16)11(2)17/h3-4,9-10,13H,5-8,14H2,1-2H3. The van der Waals surface area contributed by atoms with Crippen LogP contribution in [0.15, 0.2) is 17.5 Å². The molecule has 18 heavy (non-hydrogen) atoms. The van der Waals surface area contributed by atoms with E-state index < -0.39 is 0 Å². The van der Waals surface area contributed by atoms with Crippen LogP contribution < -0.4 is 5.73 Å². The van der Waals surface area contributed by atoms with Gasteiger partial charge < -0.3 is 10.6 Å². The minimum Gasteiger partial charge on any atom is -0.340 e. The highest BCUT2D eigenvalue weighted by Crippen LogP contribution is 2.28. The zero-order chi connectivity index (χ0) is 13.1. The second kappa shape index (κ2) is 5.82. The zero-order valence-corrected chi connectivity index (χ0v) is 11.8. The summed E-state index contributed by atoms with van der Waals surface area (Å²) in [6.07, 6.45) is 0. The Hall–Kier alpha value is -0.910. The van der Waals surface area contributed by atoms with Gasteiger partial charge in [0.15, 0.2) is 0 Å². The van der Waals surface area contributed by atoms with Crippen LogP contribution in [0.3, 0.4) is 0 Å². The number of carbonyl (C=O) groups is 1. The molecule has 2 rings (SSSR count). The molecule has 5 heteroatoms. The number of hydrogen-bond acceptors (Lipinski definition) is 4. The van der Waals surface area contributed by atoms with E-state index >= 15 is 0 Å². The SMILES string of the molecule is CC(=O)N1CCN(C(c2cccs2)C(C)N)CC1. The average molecular weight is 267 g/mol. The third-order valence-electron chi connectivity index (χ3n) is 3.49. The van der Waals surface area contributed by atoms with Gasteiger partial charge in [0, 0.05) is 44.0 Å². The lowest BCUT2D eigenvalue weighted by Gasteiger charge is -2.40. The summed E-state index contributed by atoms with van der Waals surface area (Å²) in [6.45, 7) is 7.13. The van der Waals surface area contributed by atoms with Crippen molar-refractivity contribution in [1.29, 1.82) is 0 Å². The molecule has 1 aliphatic rings. The number of carbonyl (C=O) groups excluding carboxylic acids is 1. The highest BCUT2D eigenvalue weighted by Gasteiger charge is 2.28. The van der Waals surface area contributed by atoms with Crippen molar-refractivity contribution < 1.29 is 4.79 Å². The van der Waals surface area contributed by atoms with Crippen molar-refractivity contribution in [2.75, 3.05) is 26.2 Å². The summed E-state index contributed by atoms with van der Waals surface area (Å²) in [5, 5.41) is 2.09. The van der Waals surface area contributed by atoms with E-state index in [0.29, 0.717) is 0 Å². The van der Waals surface area contributed by atoms with Gasteiger partial charge in [-0.3, -0.25) is 9.69 Å². The predicted octanol–water partition coefficient (Wildman–Crippen LogP) is 1.30. The van der Waals surface area contributed by atoms with E-state index in [9.17, 15) is 4.79 Å². The minimum absolute atomic E-state index is 0.104. The number of hydrogen-bond donors (Lipinski definition) is 1. The van der Waals surface area contributed by atoms with E-state index in [4.69, 9.17) is 5.73 Å². The molecule has 1 saturated heterocycles. The number of thiophene rings is 1. The Morgan fingerprint density at radius 1 is 1.39 bits per heavy atom. The van der Waals surface area contributed by atoms with Crippen molar-refractivity contribution in [2.45, 2.75) is 25.9 Å². The molecule has 0 bridgehead atoms. The van der Waals surface area contributed by atoms with Crippen molar-refractivity contribution in [3.8, 4) is 0 Å². The highest BCUT2D eigenvalue weighted by atomic mass is 32.1. The van der Waals surface area contributed by atoms with E-state index in [2.05, 4.69) is 29.3 Å². The van der Waals surface area contributed by atoms with E-state index in [1.54, 1.807) is 18.3 Å². The van der Waals surface area contributed by atoms with Crippen molar-refractivity contribution in [2.24, 2.45) is 5.73 Å². The van der Waals surface area contributed by atoms with Crippen LogP contribution in [0.4, 0.5) is 0 Å². The molecule has 1 fully saturated rings. The van der Waals surface area contributed by atoms with Gasteiger partial charge in [0.1, 0.15) is 0 Å². The molecule has 4 nitrogen and oxygen atoms in total. The summed E-state index contributed by atoms with van der Waals surface area (Å²) in [5.41, 5.74) is 6.14. The van der Waals surface area contributed by atoms with Crippen molar-refractivity contribution in [1.82, 2.24) is 9.80 Å². The van der Waals surface area contributed by atoms with E-state index in [-0.39, 0.29) is 18.0 Å². The van der Waals surface area contributed by atoms with Crippen LogP contribution in [0.1, 0.15) is 24.8 Å². The molecular weight excluding hydrogens is 246 g/mol. The Kier molecular flexibility index (Phi) is 4.37. The van der Waals surface area contributed by atoms with Gasteiger partial charge in [0.25, 0.3) is 0 Å². The van der Waals surface area contributed by atoms with Gasteiger partial charge in [0.05, 0.1) is 6.04 Å². The topological polar surface area (TPSA) is 49.6 Å². The lowest BCUT2D eigenvalue weighted by atomic mass is 10.1. The second-order valence-corrected chi connectivity index (χ2v) is 5.84. The quantitative estimate of drug-likeness (QED) is 0.898. The second-order valence-electron chi connectivity index (χ2n) is 4.86. The molecule has 2 N–H and O–H groups in total. The lowest BCUT2D eigenvalue weighted by molar-refractivity contribution is -0.130. The molecule has 0 aromatic carbocycles. The van der Waals surface area contributed by atoms with Crippen LogP contribution in [0.25, 0.3) is 0 Å². The molecule has 1 aromatic rings. The smallest absolute Gasteiger partial charge is 0.219 e. The van der Waals surface area contributed by atoms with Gasteiger partial charge in [-0.2, -0.15) is 0 Å². The number of nitrogens with two attached hydrogens (primary N) is 1. The average Bonchev–Trinajstić information content (AvgIpc) is 2.83. The molecule has 100 valence electrons. The maximum absolute atomic E-state index is 11.3. The molecule has 2 atom stereocenters. The van der Waals surface area contributed by atoms with Crippen molar-refractivity contribution in [3.05, 3.63) is 22.4 Å². The fourth-order valence-corrected chi connectivity index (χ4v) is 3.52. The summed E-state index contributed by atoms with van der Waals surface area (Å²) < 4.78 is 0. The van der Waals surface area contributed by atoms with Crippen LogP contribution in [0, 0.1) is 0 Å². The number of amides is 1. The summed E-state index contributed by atoms with van der Waals surface area (Å²) in [7, 11) is 0. The summed E-state index contributed by atoms with van der Waals surface area (Å²) in [5.74, 6) is 0.170. The third-order valence-corrected chi connectivity index (χ3v) is 4.43. The van der Waals surface area contributed by atoms with E-state index in [1.165, 1.54) is 4.88 Å². The third kappa shape index (κ3) is 2.91. The first-order valence-corrected chi connectivity index (χ1v) is 7.26. The van der Waals surface area contributed by atoms with E-state index in [0.717, 1.165) is 26.2 Å². The largest absolute Gasteiger partial charge is 0.340 e. The van der Waals surface area contributed by atoms with Crippen LogP contribution in [-0.2, 0) is 4.79 Å². The van der Waals surface area contributed by atoms with Gasteiger partial charge in [-0.15, -0.1) is 11.3 Å². The molecule has 2 heterocycles. The van der Waals surface area contributed by atoms with Gasteiger partial charge in [-0.05, 0) is 18.4 Å². The fraction of sp³-hybridized carbons (Fsp3) is 0.615. The molecule has 0 spiro atoms. The molecule has 1 aromatic heterocycles. The first-order valence-electron chi connectivity index (χ1n) is 6.38. The lowest BCUT2D eigenvalue weighted by Crippen LogP contribution is -2.51. The van der Waals surface area contributed by atoms with Crippen molar-refractivity contribution in [3.63, 3.8) is 0 Å². The van der Waals surface area contributed by atoms with Gasteiger partial charge in [0.2, 0.25) is 5.91 Å². The number of nitrogens with zero attached hydrogens (tertiary/aromatic N) is 2.